The number of primary amides is 1. The Kier molecular flexibility index (Phi) is 4.66. The van der Waals surface area contributed by atoms with Crippen LogP contribution in [0.5, 0.6) is 0 Å². The van der Waals surface area contributed by atoms with Crippen molar-refractivity contribution in [3.05, 3.63) is 0 Å². The number of aliphatic hydroxyl groups is 4. The normalized spacial score (nSPS) is 38.6. The average Bonchev–Trinajstić information content (AvgIpc) is 2.39. The molecule has 0 aromatic carbocycles. The fraction of sp³-hybridized carbons (Fsp3) is 0.778. The predicted molar refractivity (Wildman–Crippen MR) is 57.4 cm³/mol. The standard InChI is InChI=1S/C9H16N2O8/c1-18-8(17)11-9(7(10)16)6(15)5(14)4(13)3(2-12)19-9/h3-6,12-15H,2H2,1H3,(H2,10,16)(H,11,17)/t3-,4-,5+,6-,9+/m0/s1. The summed E-state index contributed by atoms with van der Waals surface area (Å²) in [6.45, 7) is -0.775. The first-order valence-corrected chi connectivity index (χ1v) is 5.29. The van der Waals surface area contributed by atoms with Gasteiger partial charge in [0.15, 0.2) is 0 Å². The summed E-state index contributed by atoms with van der Waals surface area (Å²) >= 11 is 0. The van der Waals surface area contributed by atoms with Gasteiger partial charge in [0, 0.05) is 0 Å². The Morgan fingerprint density at radius 1 is 1.37 bits per heavy atom. The van der Waals surface area contributed by atoms with Gasteiger partial charge in [-0.15, -0.1) is 0 Å². The van der Waals surface area contributed by atoms with Crippen molar-refractivity contribution < 1.29 is 39.5 Å². The molecule has 0 aromatic heterocycles. The summed E-state index contributed by atoms with van der Waals surface area (Å²) in [4.78, 5) is 22.6. The number of hydrogen-bond donors (Lipinski definition) is 6. The van der Waals surface area contributed by atoms with E-state index in [-0.39, 0.29) is 0 Å². The predicted octanol–water partition coefficient (Wildman–Crippen LogP) is -4.00. The van der Waals surface area contributed by atoms with Crippen molar-refractivity contribution in [2.45, 2.75) is 30.1 Å². The molecule has 0 bridgehead atoms. The number of ether oxygens (including phenoxy) is 2. The molecule has 2 amide bonds. The van der Waals surface area contributed by atoms with Gasteiger partial charge in [-0.2, -0.15) is 0 Å². The van der Waals surface area contributed by atoms with Crippen LogP contribution in [0.2, 0.25) is 0 Å². The second kappa shape index (κ2) is 5.67. The van der Waals surface area contributed by atoms with E-state index >= 15 is 0 Å². The van der Waals surface area contributed by atoms with Crippen LogP contribution < -0.4 is 11.1 Å². The topological polar surface area (TPSA) is 172 Å². The van der Waals surface area contributed by atoms with Gasteiger partial charge in [0.05, 0.1) is 13.7 Å². The van der Waals surface area contributed by atoms with Crippen molar-refractivity contribution in [1.82, 2.24) is 5.32 Å². The molecule has 1 heterocycles. The number of amides is 2. The number of methoxy groups -OCH3 is 1. The van der Waals surface area contributed by atoms with Gasteiger partial charge in [-0.1, -0.05) is 0 Å². The molecule has 110 valence electrons. The molecule has 7 N–H and O–H groups in total. The van der Waals surface area contributed by atoms with Crippen molar-refractivity contribution in [1.29, 1.82) is 0 Å². The second-order valence-electron chi connectivity index (χ2n) is 3.98. The molecule has 10 nitrogen and oxygen atoms in total. The third-order valence-corrected chi connectivity index (χ3v) is 2.83. The molecule has 19 heavy (non-hydrogen) atoms. The Labute approximate surface area is 107 Å². The molecule has 0 aromatic rings. The first-order valence-electron chi connectivity index (χ1n) is 5.29. The van der Waals surface area contributed by atoms with Crippen LogP contribution in [0, 0.1) is 0 Å². The molecule has 0 unspecified atom stereocenters. The van der Waals surface area contributed by atoms with Crippen LogP contribution >= 0.6 is 0 Å². The largest absolute Gasteiger partial charge is 0.453 e. The number of nitrogens with two attached hydrogens (primary N) is 1. The van der Waals surface area contributed by atoms with Gasteiger partial charge in [0.2, 0.25) is 0 Å². The summed E-state index contributed by atoms with van der Waals surface area (Å²) in [6.07, 6.45) is -8.15. The molecule has 0 spiro atoms. The minimum atomic E-state index is -2.51. The SMILES string of the molecule is COC(=O)N[C@@]1(C(N)=O)O[C@@H](CO)[C@H](O)[C@@H](O)[C@@H]1O. The average molecular weight is 280 g/mol. The zero-order valence-corrected chi connectivity index (χ0v) is 10.0. The lowest BCUT2D eigenvalue weighted by Crippen LogP contribution is -2.75. The lowest BCUT2D eigenvalue weighted by atomic mass is 9.90. The molecule has 1 aliphatic heterocycles. The van der Waals surface area contributed by atoms with Gasteiger partial charge in [0.1, 0.15) is 24.4 Å². The van der Waals surface area contributed by atoms with Gasteiger partial charge in [0.25, 0.3) is 11.6 Å². The highest BCUT2D eigenvalue weighted by Gasteiger charge is 2.58. The zero-order valence-electron chi connectivity index (χ0n) is 10.0. The molecule has 0 aliphatic carbocycles. The molecule has 1 fully saturated rings. The molecule has 1 saturated heterocycles. The molecule has 0 radical (unpaired) electrons. The van der Waals surface area contributed by atoms with Crippen molar-refractivity contribution >= 4 is 12.0 Å². The second-order valence-corrected chi connectivity index (χ2v) is 3.98. The molecular formula is C9H16N2O8. The summed E-state index contributed by atoms with van der Waals surface area (Å²) in [5.41, 5.74) is 2.54. The van der Waals surface area contributed by atoms with Crippen LogP contribution in [0.15, 0.2) is 0 Å². The highest BCUT2D eigenvalue weighted by Crippen LogP contribution is 2.28. The van der Waals surface area contributed by atoms with E-state index in [1.165, 1.54) is 0 Å². The van der Waals surface area contributed by atoms with E-state index < -0.39 is 48.7 Å². The third-order valence-electron chi connectivity index (χ3n) is 2.83. The van der Waals surface area contributed by atoms with Gasteiger partial charge in [-0.3, -0.25) is 10.1 Å². The van der Waals surface area contributed by atoms with Gasteiger partial charge in [-0.05, 0) is 0 Å². The number of nitrogens with one attached hydrogen (secondary N) is 1. The Morgan fingerprint density at radius 2 is 1.95 bits per heavy atom. The van der Waals surface area contributed by atoms with E-state index in [0.717, 1.165) is 7.11 Å². The minimum absolute atomic E-state index is 0.775. The summed E-state index contributed by atoms with van der Waals surface area (Å²) in [5, 5.41) is 39.8. The molecule has 10 heteroatoms. The van der Waals surface area contributed by atoms with Crippen LogP contribution in [-0.4, -0.2) is 76.3 Å². The van der Waals surface area contributed by atoms with Crippen LogP contribution in [0.1, 0.15) is 0 Å². The van der Waals surface area contributed by atoms with Crippen molar-refractivity contribution in [3.63, 3.8) is 0 Å². The fourth-order valence-corrected chi connectivity index (χ4v) is 1.74. The maximum atomic E-state index is 11.4. The fourth-order valence-electron chi connectivity index (χ4n) is 1.74. The summed E-state index contributed by atoms with van der Waals surface area (Å²) in [6, 6.07) is 0. The number of hydrogen-bond acceptors (Lipinski definition) is 8. The third kappa shape index (κ3) is 2.62. The van der Waals surface area contributed by atoms with Crippen LogP contribution in [0.3, 0.4) is 0 Å². The van der Waals surface area contributed by atoms with Crippen molar-refractivity contribution in [2.24, 2.45) is 5.73 Å². The summed E-state index contributed by atoms with van der Waals surface area (Å²) < 4.78 is 9.21. The first kappa shape index (κ1) is 15.6. The monoisotopic (exact) mass is 280 g/mol. The van der Waals surface area contributed by atoms with Crippen LogP contribution in [0.4, 0.5) is 4.79 Å². The highest BCUT2D eigenvalue weighted by atomic mass is 16.6. The lowest BCUT2D eigenvalue weighted by molar-refractivity contribution is -0.271. The van der Waals surface area contributed by atoms with Crippen LogP contribution in [0.25, 0.3) is 0 Å². The molecular weight excluding hydrogens is 264 g/mol. The van der Waals surface area contributed by atoms with E-state index in [1.54, 1.807) is 0 Å². The Balaban J connectivity index is 3.13. The molecule has 1 aliphatic rings. The summed E-state index contributed by atoms with van der Waals surface area (Å²) in [7, 11) is 0.994. The maximum absolute atomic E-state index is 11.4. The Hall–Kier alpha value is -1.46. The minimum Gasteiger partial charge on any atom is -0.453 e. The van der Waals surface area contributed by atoms with Crippen molar-refractivity contribution in [2.75, 3.05) is 13.7 Å². The number of carbonyl (C=O) groups is 2. The highest BCUT2D eigenvalue weighted by molar-refractivity contribution is 5.88. The van der Waals surface area contributed by atoms with Crippen molar-refractivity contribution in [3.8, 4) is 0 Å². The molecule has 5 atom stereocenters. The Morgan fingerprint density at radius 3 is 2.37 bits per heavy atom. The van der Waals surface area contributed by atoms with E-state index in [9.17, 15) is 24.9 Å². The first-order chi connectivity index (χ1) is 8.80. The molecule has 1 rings (SSSR count). The van der Waals surface area contributed by atoms with E-state index in [1.807, 2.05) is 5.32 Å². The Bertz CT molecular complexity index is 362. The van der Waals surface area contributed by atoms with E-state index in [2.05, 4.69) is 4.74 Å². The lowest BCUT2D eigenvalue weighted by Gasteiger charge is -2.46. The summed E-state index contributed by atoms with van der Waals surface area (Å²) in [5.74, 6) is -1.32. The number of alkyl carbamates (subject to hydrolysis) is 1. The van der Waals surface area contributed by atoms with E-state index in [4.69, 9.17) is 15.6 Å². The quantitative estimate of drug-likeness (QED) is 0.303. The maximum Gasteiger partial charge on any atom is 0.409 e. The smallest absolute Gasteiger partial charge is 0.409 e. The number of aliphatic hydroxyl groups excluding tert-OH is 4. The van der Waals surface area contributed by atoms with E-state index in [0.29, 0.717) is 0 Å². The zero-order chi connectivity index (χ0) is 14.8. The van der Waals surface area contributed by atoms with Gasteiger partial charge in [-0.25, -0.2) is 4.79 Å². The van der Waals surface area contributed by atoms with Gasteiger partial charge < -0.3 is 35.6 Å². The molecule has 0 saturated carbocycles. The number of rotatable bonds is 3. The van der Waals surface area contributed by atoms with Crippen LogP contribution in [-0.2, 0) is 14.3 Å². The van der Waals surface area contributed by atoms with Gasteiger partial charge >= 0.3 is 6.09 Å². The number of carbonyl (C=O) groups excluding carboxylic acids is 2.